The number of aromatic nitrogens is 1. The number of pyridine rings is 1. The van der Waals surface area contributed by atoms with Crippen molar-refractivity contribution < 1.29 is 13.2 Å². The average molecular weight is 299 g/mol. The van der Waals surface area contributed by atoms with Gasteiger partial charge in [0, 0.05) is 23.4 Å². The standard InChI is InChI=1S/C18H12F3N/c1-11-7-8-22-18(17(11)12-5-3-2-4-6-12)13-9-15(20)16(21)10-14(13)19/h2-10H,1H3. The van der Waals surface area contributed by atoms with Crippen LogP contribution in [0, 0.1) is 24.4 Å². The van der Waals surface area contributed by atoms with E-state index in [9.17, 15) is 13.2 Å². The molecule has 0 saturated heterocycles. The number of halogens is 3. The van der Waals surface area contributed by atoms with Crippen molar-refractivity contribution in [3.05, 3.63) is 77.7 Å². The molecule has 0 amide bonds. The number of hydrogen-bond acceptors (Lipinski definition) is 1. The first-order valence-corrected chi connectivity index (χ1v) is 6.74. The number of hydrogen-bond donors (Lipinski definition) is 0. The Bertz CT molecular complexity index is 829. The molecule has 1 aromatic heterocycles. The molecule has 0 unspecified atom stereocenters. The summed E-state index contributed by atoms with van der Waals surface area (Å²) < 4.78 is 40.7. The van der Waals surface area contributed by atoms with Crippen LogP contribution in [0.25, 0.3) is 22.4 Å². The van der Waals surface area contributed by atoms with Gasteiger partial charge in [0.05, 0.1) is 5.69 Å². The molecule has 4 heteroatoms. The third kappa shape index (κ3) is 2.48. The molecule has 0 aliphatic rings. The lowest BCUT2D eigenvalue weighted by atomic mass is 9.95. The lowest BCUT2D eigenvalue weighted by Crippen LogP contribution is -1.97. The Kier molecular flexibility index (Phi) is 3.67. The maximum absolute atomic E-state index is 14.1. The molecule has 3 rings (SSSR count). The van der Waals surface area contributed by atoms with Crippen LogP contribution in [-0.2, 0) is 0 Å². The molecule has 0 fully saturated rings. The largest absolute Gasteiger partial charge is 0.255 e. The molecule has 0 radical (unpaired) electrons. The fourth-order valence-electron chi connectivity index (χ4n) is 2.44. The SMILES string of the molecule is Cc1ccnc(-c2cc(F)c(F)cc2F)c1-c1ccccc1. The van der Waals surface area contributed by atoms with E-state index in [2.05, 4.69) is 4.98 Å². The summed E-state index contributed by atoms with van der Waals surface area (Å²) in [4.78, 5) is 4.19. The van der Waals surface area contributed by atoms with Gasteiger partial charge in [-0.15, -0.1) is 0 Å². The highest BCUT2D eigenvalue weighted by atomic mass is 19.2. The molecule has 110 valence electrons. The second-order valence-electron chi connectivity index (χ2n) is 4.96. The van der Waals surface area contributed by atoms with Crippen LogP contribution in [0.5, 0.6) is 0 Å². The molecule has 0 aliphatic heterocycles. The molecule has 22 heavy (non-hydrogen) atoms. The Morgan fingerprint density at radius 2 is 1.50 bits per heavy atom. The van der Waals surface area contributed by atoms with Crippen LogP contribution >= 0.6 is 0 Å². The summed E-state index contributed by atoms with van der Waals surface area (Å²) in [6.45, 7) is 1.87. The highest BCUT2D eigenvalue weighted by Crippen LogP contribution is 2.34. The summed E-state index contributed by atoms with van der Waals surface area (Å²) in [5.41, 5.74) is 2.66. The number of benzene rings is 2. The topological polar surface area (TPSA) is 12.9 Å². The van der Waals surface area contributed by atoms with E-state index in [1.54, 1.807) is 6.07 Å². The molecular weight excluding hydrogens is 287 g/mol. The zero-order valence-electron chi connectivity index (χ0n) is 11.8. The van der Waals surface area contributed by atoms with Crippen molar-refractivity contribution in [2.75, 3.05) is 0 Å². The highest BCUT2D eigenvalue weighted by Gasteiger charge is 2.17. The van der Waals surface area contributed by atoms with E-state index >= 15 is 0 Å². The normalized spacial score (nSPS) is 10.7. The van der Waals surface area contributed by atoms with Gasteiger partial charge in [0.15, 0.2) is 11.6 Å². The van der Waals surface area contributed by atoms with Crippen molar-refractivity contribution in [1.29, 1.82) is 0 Å². The number of aryl methyl sites for hydroxylation is 1. The minimum atomic E-state index is -1.21. The zero-order valence-corrected chi connectivity index (χ0v) is 11.8. The van der Waals surface area contributed by atoms with Crippen molar-refractivity contribution in [1.82, 2.24) is 4.98 Å². The van der Waals surface area contributed by atoms with E-state index in [4.69, 9.17) is 0 Å². The lowest BCUT2D eigenvalue weighted by molar-refractivity contribution is 0.496. The van der Waals surface area contributed by atoms with E-state index in [1.807, 2.05) is 37.3 Å². The minimum absolute atomic E-state index is 0.0542. The first kappa shape index (κ1) is 14.3. The molecule has 1 nitrogen and oxygen atoms in total. The van der Waals surface area contributed by atoms with Crippen LogP contribution in [-0.4, -0.2) is 4.98 Å². The van der Waals surface area contributed by atoms with Crippen LogP contribution in [0.1, 0.15) is 5.56 Å². The van der Waals surface area contributed by atoms with Gasteiger partial charge in [-0.3, -0.25) is 4.98 Å². The Balaban J connectivity index is 2.29. The van der Waals surface area contributed by atoms with Gasteiger partial charge in [-0.25, -0.2) is 13.2 Å². The Morgan fingerprint density at radius 1 is 0.818 bits per heavy atom. The van der Waals surface area contributed by atoms with Crippen molar-refractivity contribution in [2.24, 2.45) is 0 Å². The van der Waals surface area contributed by atoms with E-state index in [0.717, 1.165) is 17.2 Å². The summed E-state index contributed by atoms with van der Waals surface area (Å²) in [6, 6.07) is 12.5. The maximum atomic E-state index is 14.1. The average Bonchev–Trinajstić information content (AvgIpc) is 2.51. The number of rotatable bonds is 2. The van der Waals surface area contributed by atoms with Crippen LogP contribution < -0.4 is 0 Å². The van der Waals surface area contributed by atoms with Gasteiger partial charge in [-0.1, -0.05) is 30.3 Å². The fraction of sp³-hybridized carbons (Fsp3) is 0.0556. The summed E-state index contributed by atoms with van der Waals surface area (Å²) >= 11 is 0. The van der Waals surface area contributed by atoms with E-state index in [0.29, 0.717) is 17.3 Å². The Hall–Kier alpha value is -2.62. The first-order chi connectivity index (χ1) is 10.6. The molecule has 0 saturated carbocycles. The molecule has 0 aliphatic carbocycles. The zero-order chi connectivity index (χ0) is 15.7. The maximum Gasteiger partial charge on any atom is 0.161 e. The molecule has 3 aromatic rings. The van der Waals surface area contributed by atoms with Crippen LogP contribution in [0.3, 0.4) is 0 Å². The Morgan fingerprint density at radius 3 is 2.23 bits per heavy atom. The third-order valence-corrected chi connectivity index (χ3v) is 3.49. The van der Waals surface area contributed by atoms with E-state index in [-0.39, 0.29) is 5.56 Å². The lowest BCUT2D eigenvalue weighted by Gasteiger charge is -2.13. The molecular formula is C18H12F3N. The van der Waals surface area contributed by atoms with Crippen molar-refractivity contribution in [3.63, 3.8) is 0 Å². The number of nitrogens with zero attached hydrogens (tertiary/aromatic N) is 1. The van der Waals surface area contributed by atoms with Crippen LogP contribution in [0.4, 0.5) is 13.2 Å². The van der Waals surface area contributed by atoms with Gasteiger partial charge in [-0.05, 0) is 30.2 Å². The second kappa shape index (κ2) is 5.64. The summed E-state index contributed by atoms with van der Waals surface area (Å²) in [5.74, 6) is -3.15. The third-order valence-electron chi connectivity index (χ3n) is 3.49. The summed E-state index contributed by atoms with van der Waals surface area (Å²) in [6.07, 6.45) is 1.53. The minimum Gasteiger partial charge on any atom is -0.255 e. The first-order valence-electron chi connectivity index (χ1n) is 6.74. The van der Waals surface area contributed by atoms with Crippen LogP contribution in [0.2, 0.25) is 0 Å². The molecule has 2 aromatic carbocycles. The predicted octanol–water partition coefficient (Wildman–Crippen LogP) is 5.14. The van der Waals surface area contributed by atoms with Gasteiger partial charge in [0.25, 0.3) is 0 Å². The quantitative estimate of drug-likeness (QED) is 0.597. The van der Waals surface area contributed by atoms with Crippen LogP contribution in [0.15, 0.2) is 54.7 Å². The second-order valence-corrected chi connectivity index (χ2v) is 4.96. The van der Waals surface area contributed by atoms with Gasteiger partial charge >= 0.3 is 0 Å². The van der Waals surface area contributed by atoms with Crippen molar-refractivity contribution in [3.8, 4) is 22.4 Å². The molecule has 0 N–H and O–H groups in total. The van der Waals surface area contributed by atoms with Crippen molar-refractivity contribution in [2.45, 2.75) is 6.92 Å². The van der Waals surface area contributed by atoms with E-state index in [1.165, 1.54) is 6.20 Å². The highest BCUT2D eigenvalue weighted by molar-refractivity contribution is 5.83. The molecule has 0 atom stereocenters. The fourth-order valence-corrected chi connectivity index (χ4v) is 2.44. The van der Waals surface area contributed by atoms with E-state index < -0.39 is 17.5 Å². The molecule has 0 spiro atoms. The predicted molar refractivity (Wildman–Crippen MR) is 79.7 cm³/mol. The van der Waals surface area contributed by atoms with Crippen molar-refractivity contribution >= 4 is 0 Å². The molecule has 1 heterocycles. The van der Waals surface area contributed by atoms with Gasteiger partial charge in [0.1, 0.15) is 5.82 Å². The monoisotopic (exact) mass is 299 g/mol. The molecule has 0 bridgehead atoms. The summed E-state index contributed by atoms with van der Waals surface area (Å²) in [7, 11) is 0. The van der Waals surface area contributed by atoms with Gasteiger partial charge < -0.3 is 0 Å². The summed E-state index contributed by atoms with van der Waals surface area (Å²) in [5, 5.41) is 0. The van der Waals surface area contributed by atoms with Gasteiger partial charge in [-0.2, -0.15) is 0 Å². The smallest absolute Gasteiger partial charge is 0.161 e. The van der Waals surface area contributed by atoms with Gasteiger partial charge in [0.2, 0.25) is 0 Å². The Labute approximate surface area is 126 Å².